The molecule has 1 aliphatic heterocycles. The molecule has 7 heteroatoms. The van der Waals surface area contributed by atoms with Crippen molar-refractivity contribution in [3.8, 4) is 6.01 Å². The Morgan fingerprint density at radius 1 is 1.44 bits per heavy atom. The third kappa shape index (κ3) is 3.20. The molecule has 0 bridgehead atoms. The molecular weight excluding hydrogens is 254 g/mol. The van der Waals surface area contributed by atoms with Crippen LogP contribution in [0.3, 0.4) is 0 Å². The zero-order valence-electron chi connectivity index (χ0n) is 10.9. The zero-order valence-corrected chi connectivity index (χ0v) is 11.7. The van der Waals surface area contributed by atoms with E-state index in [0.29, 0.717) is 11.9 Å². The second-order valence-corrected chi connectivity index (χ2v) is 5.03. The molecule has 1 atom stereocenters. The second kappa shape index (κ2) is 5.67. The number of rotatable bonds is 4. The Balaban J connectivity index is 2.03. The standard InChI is InChI=1S/C11H18ClN5O/c1-16-5-4-8(6-16)7-17(2)10-13-9(12)14-11(15-10)18-3/h8H,4-7H2,1-3H3. The number of likely N-dealkylation sites (tertiary alicyclic amines) is 1. The van der Waals surface area contributed by atoms with Crippen LogP contribution in [0.1, 0.15) is 6.42 Å². The summed E-state index contributed by atoms with van der Waals surface area (Å²) in [6, 6.07) is 0.250. The number of ether oxygens (including phenoxy) is 1. The highest BCUT2D eigenvalue weighted by Crippen LogP contribution is 2.19. The van der Waals surface area contributed by atoms with Crippen molar-refractivity contribution in [2.24, 2.45) is 5.92 Å². The second-order valence-electron chi connectivity index (χ2n) is 4.69. The highest BCUT2D eigenvalue weighted by atomic mass is 35.5. The van der Waals surface area contributed by atoms with Crippen molar-refractivity contribution in [2.75, 3.05) is 45.7 Å². The molecule has 1 saturated heterocycles. The molecular formula is C11H18ClN5O. The maximum Gasteiger partial charge on any atom is 0.322 e. The minimum Gasteiger partial charge on any atom is -0.467 e. The van der Waals surface area contributed by atoms with E-state index in [-0.39, 0.29) is 11.3 Å². The first-order chi connectivity index (χ1) is 8.58. The van der Waals surface area contributed by atoms with Gasteiger partial charge in [0.05, 0.1) is 7.11 Å². The van der Waals surface area contributed by atoms with Gasteiger partial charge in [0.1, 0.15) is 0 Å². The molecule has 1 aromatic rings. The van der Waals surface area contributed by atoms with Gasteiger partial charge in [-0.15, -0.1) is 0 Å². The van der Waals surface area contributed by atoms with Crippen LogP contribution >= 0.6 is 11.6 Å². The summed E-state index contributed by atoms with van der Waals surface area (Å²) in [6.45, 7) is 3.17. The van der Waals surface area contributed by atoms with E-state index in [1.807, 2.05) is 11.9 Å². The van der Waals surface area contributed by atoms with Crippen molar-refractivity contribution < 1.29 is 4.74 Å². The van der Waals surface area contributed by atoms with Gasteiger partial charge < -0.3 is 14.5 Å². The molecule has 6 nitrogen and oxygen atoms in total. The Labute approximate surface area is 112 Å². The number of halogens is 1. The molecule has 0 aromatic carbocycles. The van der Waals surface area contributed by atoms with Gasteiger partial charge >= 0.3 is 6.01 Å². The molecule has 2 rings (SSSR count). The van der Waals surface area contributed by atoms with Crippen LogP contribution in [0.15, 0.2) is 0 Å². The van der Waals surface area contributed by atoms with Crippen LogP contribution in [0, 0.1) is 5.92 Å². The minimum atomic E-state index is 0.159. The predicted octanol–water partition coefficient (Wildman–Crippen LogP) is 0.921. The molecule has 100 valence electrons. The number of nitrogens with zero attached hydrogens (tertiary/aromatic N) is 5. The summed E-state index contributed by atoms with van der Waals surface area (Å²) in [7, 11) is 5.62. The summed E-state index contributed by atoms with van der Waals surface area (Å²) < 4.78 is 4.99. The summed E-state index contributed by atoms with van der Waals surface area (Å²) in [5.74, 6) is 1.20. The van der Waals surface area contributed by atoms with Crippen LogP contribution in [0.5, 0.6) is 6.01 Å². The molecule has 0 amide bonds. The van der Waals surface area contributed by atoms with Crippen molar-refractivity contribution in [1.82, 2.24) is 19.9 Å². The normalized spacial score (nSPS) is 20.1. The lowest BCUT2D eigenvalue weighted by Gasteiger charge is -2.21. The first kappa shape index (κ1) is 13.3. The Morgan fingerprint density at radius 2 is 2.22 bits per heavy atom. The fourth-order valence-corrected chi connectivity index (χ4v) is 2.38. The predicted molar refractivity (Wildman–Crippen MR) is 70.3 cm³/mol. The quantitative estimate of drug-likeness (QED) is 0.812. The van der Waals surface area contributed by atoms with E-state index >= 15 is 0 Å². The smallest absolute Gasteiger partial charge is 0.322 e. The fraction of sp³-hybridized carbons (Fsp3) is 0.727. The molecule has 1 unspecified atom stereocenters. The van der Waals surface area contributed by atoms with E-state index in [4.69, 9.17) is 16.3 Å². The summed E-state index contributed by atoms with van der Waals surface area (Å²) in [5.41, 5.74) is 0. The maximum atomic E-state index is 5.84. The first-order valence-corrected chi connectivity index (χ1v) is 6.31. The zero-order chi connectivity index (χ0) is 13.1. The molecule has 2 heterocycles. The Morgan fingerprint density at radius 3 is 2.83 bits per heavy atom. The molecule has 0 saturated carbocycles. The minimum absolute atomic E-state index is 0.159. The van der Waals surface area contributed by atoms with Crippen molar-refractivity contribution in [3.63, 3.8) is 0 Å². The molecule has 0 N–H and O–H groups in total. The van der Waals surface area contributed by atoms with Gasteiger partial charge in [0.2, 0.25) is 11.2 Å². The Hall–Kier alpha value is -1.14. The molecule has 1 aromatic heterocycles. The third-order valence-electron chi connectivity index (χ3n) is 3.12. The summed E-state index contributed by atoms with van der Waals surface area (Å²) in [5, 5.41) is 0.159. The molecule has 1 fully saturated rings. The van der Waals surface area contributed by atoms with E-state index in [1.165, 1.54) is 13.5 Å². The van der Waals surface area contributed by atoms with E-state index in [2.05, 4.69) is 26.9 Å². The topological polar surface area (TPSA) is 54.4 Å². The van der Waals surface area contributed by atoms with Gasteiger partial charge in [0, 0.05) is 20.1 Å². The van der Waals surface area contributed by atoms with Crippen molar-refractivity contribution in [2.45, 2.75) is 6.42 Å². The molecule has 1 aliphatic rings. The molecule has 18 heavy (non-hydrogen) atoms. The monoisotopic (exact) mass is 271 g/mol. The molecule has 0 radical (unpaired) electrons. The Bertz CT molecular complexity index is 416. The van der Waals surface area contributed by atoms with Crippen LogP contribution in [-0.2, 0) is 0 Å². The average Bonchev–Trinajstić information content (AvgIpc) is 2.73. The number of hydrogen-bond acceptors (Lipinski definition) is 6. The van der Waals surface area contributed by atoms with Crippen LogP contribution in [0.4, 0.5) is 5.95 Å². The summed E-state index contributed by atoms with van der Waals surface area (Å²) in [6.07, 6.45) is 1.21. The van der Waals surface area contributed by atoms with Gasteiger partial charge in [-0.1, -0.05) is 0 Å². The van der Waals surface area contributed by atoms with Gasteiger partial charge in [-0.25, -0.2) is 0 Å². The van der Waals surface area contributed by atoms with E-state index in [0.717, 1.165) is 19.6 Å². The fourth-order valence-electron chi connectivity index (χ4n) is 2.23. The van der Waals surface area contributed by atoms with Crippen molar-refractivity contribution in [3.05, 3.63) is 5.28 Å². The summed E-state index contributed by atoms with van der Waals surface area (Å²) >= 11 is 5.84. The SMILES string of the molecule is COc1nc(Cl)nc(N(C)CC2CCN(C)C2)n1. The lowest BCUT2D eigenvalue weighted by Crippen LogP contribution is -2.28. The van der Waals surface area contributed by atoms with E-state index < -0.39 is 0 Å². The van der Waals surface area contributed by atoms with Gasteiger partial charge in [-0.05, 0) is 37.5 Å². The van der Waals surface area contributed by atoms with Crippen LogP contribution in [-0.4, -0.2) is 60.7 Å². The third-order valence-corrected chi connectivity index (χ3v) is 3.29. The van der Waals surface area contributed by atoms with Crippen LogP contribution in [0.25, 0.3) is 0 Å². The first-order valence-electron chi connectivity index (χ1n) is 5.93. The molecule has 0 spiro atoms. The van der Waals surface area contributed by atoms with Gasteiger partial charge in [0.25, 0.3) is 0 Å². The van der Waals surface area contributed by atoms with E-state index in [9.17, 15) is 0 Å². The lowest BCUT2D eigenvalue weighted by molar-refractivity contribution is 0.377. The van der Waals surface area contributed by atoms with Gasteiger partial charge in [-0.3, -0.25) is 0 Å². The number of methoxy groups -OCH3 is 1. The number of aromatic nitrogens is 3. The lowest BCUT2D eigenvalue weighted by atomic mass is 10.1. The van der Waals surface area contributed by atoms with Crippen LogP contribution < -0.4 is 9.64 Å². The van der Waals surface area contributed by atoms with Crippen molar-refractivity contribution in [1.29, 1.82) is 0 Å². The van der Waals surface area contributed by atoms with E-state index in [1.54, 1.807) is 0 Å². The van der Waals surface area contributed by atoms with Gasteiger partial charge in [0.15, 0.2) is 0 Å². The highest BCUT2D eigenvalue weighted by Gasteiger charge is 2.22. The average molecular weight is 272 g/mol. The van der Waals surface area contributed by atoms with Crippen LogP contribution in [0.2, 0.25) is 5.28 Å². The number of anilines is 1. The highest BCUT2D eigenvalue weighted by molar-refractivity contribution is 6.28. The van der Waals surface area contributed by atoms with Crippen molar-refractivity contribution >= 4 is 17.5 Å². The maximum absolute atomic E-state index is 5.84. The molecule has 0 aliphatic carbocycles. The summed E-state index contributed by atoms with van der Waals surface area (Å²) in [4.78, 5) is 16.5. The largest absolute Gasteiger partial charge is 0.467 e. The Kier molecular flexibility index (Phi) is 4.19. The number of hydrogen-bond donors (Lipinski definition) is 0. The van der Waals surface area contributed by atoms with Gasteiger partial charge in [-0.2, -0.15) is 15.0 Å².